The Kier molecular flexibility index (Phi) is 6.35. The van der Waals surface area contributed by atoms with Crippen LogP contribution in [0, 0.1) is 5.41 Å². The summed E-state index contributed by atoms with van der Waals surface area (Å²) in [5.74, 6) is 0.881. The Hall–Kier alpha value is -0.340. The van der Waals surface area contributed by atoms with Crippen molar-refractivity contribution in [3.05, 3.63) is 34.3 Å². The lowest BCUT2D eigenvalue weighted by Gasteiger charge is -2.38. The first-order valence-electron chi connectivity index (χ1n) is 7.84. The third-order valence-electron chi connectivity index (χ3n) is 4.70. The van der Waals surface area contributed by atoms with Crippen LogP contribution in [-0.4, -0.2) is 39.3 Å². The van der Waals surface area contributed by atoms with Crippen LogP contribution in [-0.2, 0) is 10.2 Å². The van der Waals surface area contributed by atoms with Gasteiger partial charge >= 0.3 is 0 Å². The van der Waals surface area contributed by atoms with Crippen molar-refractivity contribution in [1.29, 1.82) is 0 Å². The summed E-state index contributed by atoms with van der Waals surface area (Å²) in [4.78, 5) is 4.34. The van der Waals surface area contributed by atoms with E-state index in [-0.39, 0.29) is 34.8 Å². The molecule has 4 nitrogen and oxygen atoms in total. The van der Waals surface area contributed by atoms with Gasteiger partial charge in [-0.15, -0.1) is 24.0 Å². The summed E-state index contributed by atoms with van der Waals surface area (Å²) >= 11 is 3.68. The van der Waals surface area contributed by atoms with E-state index in [1.165, 1.54) is 22.9 Å². The number of rotatable bonds is 5. The monoisotopic (exact) mass is 493 g/mol. The summed E-state index contributed by atoms with van der Waals surface area (Å²) in [6, 6.07) is 8.53. The average Bonchev–Trinajstić information content (AvgIpc) is 3.27. The molecule has 1 aromatic carbocycles. The Morgan fingerprint density at radius 1 is 1.22 bits per heavy atom. The maximum Gasteiger partial charge on any atom is 0.191 e. The minimum Gasteiger partial charge on any atom is -0.380 e. The average molecular weight is 494 g/mol. The highest BCUT2D eigenvalue weighted by molar-refractivity contribution is 14.0. The fraction of sp³-hybridized carbons (Fsp3) is 0.588. The van der Waals surface area contributed by atoms with E-state index >= 15 is 0 Å². The minimum absolute atomic E-state index is 0. The van der Waals surface area contributed by atoms with E-state index in [4.69, 9.17) is 4.74 Å². The van der Waals surface area contributed by atoms with E-state index in [2.05, 4.69) is 62.7 Å². The molecule has 6 heteroatoms. The first kappa shape index (κ1) is 19.0. The zero-order valence-electron chi connectivity index (χ0n) is 13.7. The van der Waals surface area contributed by atoms with Crippen LogP contribution in [0.3, 0.4) is 0 Å². The van der Waals surface area contributed by atoms with Gasteiger partial charge in [0.2, 0.25) is 0 Å². The van der Waals surface area contributed by atoms with Gasteiger partial charge in [0, 0.05) is 35.4 Å². The van der Waals surface area contributed by atoms with Crippen molar-refractivity contribution >= 4 is 45.9 Å². The molecule has 0 bridgehead atoms. The van der Waals surface area contributed by atoms with Gasteiger partial charge in [-0.3, -0.25) is 4.99 Å². The molecule has 0 radical (unpaired) electrons. The molecule has 1 heterocycles. The molecular weight excluding hydrogens is 469 g/mol. The summed E-state index contributed by atoms with van der Waals surface area (Å²) in [5, 5.41) is 6.92. The number of nitrogens with zero attached hydrogens (tertiary/aromatic N) is 1. The Morgan fingerprint density at radius 3 is 2.39 bits per heavy atom. The Balaban J connectivity index is 0.00000192. The van der Waals surface area contributed by atoms with Gasteiger partial charge in [0.1, 0.15) is 0 Å². The highest BCUT2D eigenvalue weighted by atomic mass is 127. The molecule has 3 rings (SSSR count). The van der Waals surface area contributed by atoms with E-state index in [0.29, 0.717) is 0 Å². The second-order valence-electron chi connectivity index (χ2n) is 6.84. The smallest absolute Gasteiger partial charge is 0.191 e. The third kappa shape index (κ3) is 4.39. The maximum atomic E-state index is 5.29. The fourth-order valence-electron chi connectivity index (χ4n) is 2.91. The lowest BCUT2D eigenvalue weighted by molar-refractivity contribution is -0.0971. The number of nitrogens with one attached hydrogen (secondary N) is 2. The van der Waals surface area contributed by atoms with Crippen molar-refractivity contribution in [3.63, 3.8) is 0 Å². The molecule has 2 N–H and O–H groups in total. The SMILES string of the molecule is CN=C(NCC1(C)COC1)NCC1(c2ccccc2Br)CC1.I. The van der Waals surface area contributed by atoms with Gasteiger partial charge in [-0.1, -0.05) is 41.1 Å². The molecule has 0 unspecified atom stereocenters. The predicted octanol–water partition coefficient (Wildman–Crippen LogP) is 3.30. The zero-order chi connectivity index (χ0) is 15.6. The van der Waals surface area contributed by atoms with E-state index in [1.54, 1.807) is 0 Å². The molecule has 1 aliphatic carbocycles. The van der Waals surface area contributed by atoms with Crippen LogP contribution in [0.15, 0.2) is 33.7 Å². The van der Waals surface area contributed by atoms with Crippen LogP contribution in [0.5, 0.6) is 0 Å². The number of hydrogen-bond donors (Lipinski definition) is 2. The lowest BCUT2D eigenvalue weighted by Crippen LogP contribution is -2.51. The van der Waals surface area contributed by atoms with Crippen molar-refractivity contribution in [2.75, 3.05) is 33.4 Å². The molecule has 1 aromatic rings. The van der Waals surface area contributed by atoms with Gasteiger partial charge in [-0.2, -0.15) is 0 Å². The van der Waals surface area contributed by atoms with Gasteiger partial charge in [0.15, 0.2) is 5.96 Å². The number of aliphatic imine (C=N–C) groups is 1. The van der Waals surface area contributed by atoms with Crippen LogP contribution in [0.25, 0.3) is 0 Å². The number of ether oxygens (including phenoxy) is 1. The lowest BCUT2D eigenvalue weighted by atomic mass is 9.89. The fourth-order valence-corrected chi connectivity index (χ4v) is 3.61. The number of benzene rings is 1. The number of halogens is 2. The summed E-state index contributed by atoms with van der Waals surface area (Å²) < 4.78 is 6.50. The van der Waals surface area contributed by atoms with Gasteiger partial charge in [-0.25, -0.2) is 0 Å². The third-order valence-corrected chi connectivity index (χ3v) is 5.39. The molecule has 1 saturated carbocycles. The van der Waals surface area contributed by atoms with Gasteiger partial charge in [-0.05, 0) is 24.5 Å². The minimum atomic E-state index is 0. The molecule has 0 spiro atoms. The summed E-state index contributed by atoms with van der Waals surface area (Å²) in [6.45, 7) is 5.72. The van der Waals surface area contributed by atoms with Gasteiger partial charge in [0.05, 0.1) is 13.2 Å². The summed E-state index contributed by atoms with van der Waals surface area (Å²) in [5.41, 5.74) is 1.90. The first-order chi connectivity index (χ1) is 10.6. The zero-order valence-corrected chi connectivity index (χ0v) is 17.6. The van der Waals surface area contributed by atoms with Crippen LogP contribution >= 0.6 is 39.9 Å². The van der Waals surface area contributed by atoms with Crippen LogP contribution in [0.2, 0.25) is 0 Å². The van der Waals surface area contributed by atoms with E-state index in [1.807, 2.05) is 7.05 Å². The maximum absolute atomic E-state index is 5.29. The predicted molar refractivity (Wildman–Crippen MR) is 109 cm³/mol. The molecule has 1 aliphatic heterocycles. The second kappa shape index (κ2) is 7.70. The quantitative estimate of drug-likeness (QED) is 0.376. The molecule has 0 amide bonds. The van der Waals surface area contributed by atoms with Gasteiger partial charge in [0.25, 0.3) is 0 Å². The van der Waals surface area contributed by atoms with Crippen molar-refractivity contribution in [3.8, 4) is 0 Å². The molecule has 128 valence electrons. The van der Waals surface area contributed by atoms with Crippen LogP contribution in [0.1, 0.15) is 25.3 Å². The van der Waals surface area contributed by atoms with E-state index < -0.39 is 0 Å². The first-order valence-corrected chi connectivity index (χ1v) is 8.64. The largest absolute Gasteiger partial charge is 0.380 e. The Morgan fingerprint density at radius 2 is 1.87 bits per heavy atom. The van der Waals surface area contributed by atoms with Crippen molar-refractivity contribution in [2.24, 2.45) is 10.4 Å². The standard InChI is InChI=1S/C17H24BrN3O.HI/c1-16(11-22-12-16)9-20-15(19-2)21-10-17(7-8-17)13-5-3-4-6-14(13)18;/h3-6H,7-12H2,1-2H3,(H2,19,20,21);1H. The molecule has 0 atom stereocenters. The van der Waals surface area contributed by atoms with Gasteiger partial charge < -0.3 is 15.4 Å². The highest BCUT2D eigenvalue weighted by Gasteiger charge is 2.45. The summed E-state index contributed by atoms with van der Waals surface area (Å²) in [6.07, 6.45) is 2.45. The van der Waals surface area contributed by atoms with Crippen LogP contribution < -0.4 is 10.6 Å². The second-order valence-corrected chi connectivity index (χ2v) is 7.70. The molecular formula is C17H25BrIN3O. The van der Waals surface area contributed by atoms with E-state index in [9.17, 15) is 0 Å². The molecule has 0 aromatic heterocycles. The Labute approximate surface area is 164 Å². The molecule has 1 saturated heterocycles. The summed E-state index contributed by atoms with van der Waals surface area (Å²) in [7, 11) is 1.83. The normalized spacial score (nSPS) is 20.9. The Bertz CT molecular complexity index is 571. The van der Waals surface area contributed by atoms with Crippen molar-refractivity contribution in [2.45, 2.75) is 25.2 Å². The molecule has 2 fully saturated rings. The topological polar surface area (TPSA) is 45.7 Å². The number of hydrogen-bond acceptors (Lipinski definition) is 2. The highest BCUT2D eigenvalue weighted by Crippen LogP contribution is 2.49. The number of guanidine groups is 1. The van der Waals surface area contributed by atoms with Crippen molar-refractivity contribution in [1.82, 2.24) is 10.6 Å². The van der Waals surface area contributed by atoms with E-state index in [0.717, 1.165) is 32.3 Å². The van der Waals surface area contributed by atoms with Crippen LogP contribution in [0.4, 0.5) is 0 Å². The molecule has 2 aliphatic rings. The van der Waals surface area contributed by atoms with Crippen molar-refractivity contribution < 1.29 is 4.74 Å². The molecule has 23 heavy (non-hydrogen) atoms.